The predicted octanol–water partition coefficient (Wildman–Crippen LogP) is 18.6. The maximum absolute atomic E-state index is 12.8. The van der Waals surface area contributed by atoms with Gasteiger partial charge < -0.3 is 14.2 Å². The van der Waals surface area contributed by atoms with Crippen LogP contribution in [-0.4, -0.2) is 37.9 Å². The molecule has 0 aromatic heterocycles. The van der Waals surface area contributed by atoms with Crippen LogP contribution in [0.25, 0.3) is 0 Å². The number of esters is 2. The van der Waals surface area contributed by atoms with E-state index in [0.717, 1.165) is 109 Å². The summed E-state index contributed by atoms with van der Waals surface area (Å²) in [7, 11) is 0. The van der Waals surface area contributed by atoms with Crippen LogP contribution in [0.3, 0.4) is 0 Å². The molecular weight excluding hydrogens is 813 g/mol. The van der Waals surface area contributed by atoms with Crippen LogP contribution in [0.2, 0.25) is 0 Å². The Morgan fingerprint density at radius 2 is 0.697 bits per heavy atom. The third-order valence-electron chi connectivity index (χ3n) is 11.0. The lowest BCUT2D eigenvalue weighted by molar-refractivity contribution is -0.163. The van der Waals surface area contributed by atoms with E-state index in [1.165, 1.54) is 83.5 Å². The van der Waals surface area contributed by atoms with Crippen molar-refractivity contribution in [3.8, 4) is 0 Å². The quantitative estimate of drug-likeness (QED) is 0.0346. The van der Waals surface area contributed by atoms with Crippen LogP contribution in [0.1, 0.15) is 226 Å². The van der Waals surface area contributed by atoms with Crippen LogP contribution >= 0.6 is 0 Å². The first kappa shape index (κ1) is 62.3. The highest BCUT2D eigenvalue weighted by Crippen LogP contribution is 2.13. The van der Waals surface area contributed by atoms with Crippen LogP contribution in [0.4, 0.5) is 0 Å². The van der Waals surface area contributed by atoms with E-state index in [0.29, 0.717) is 19.4 Å². The number of carbonyl (C=O) groups excluding carboxylic acids is 2. The average Bonchev–Trinajstić information content (AvgIpc) is 3.32. The van der Waals surface area contributed by atoms with E-state index in [2.05, 4.69) is 142 Å². The molecule has 0 aromatic carbocycles. The second-order valence-corrected chi connectivity index (χ2v) is 17.4. The summed E-state index contributed by atoms with van der Waals surface area (Å²) < 4.78 is 17.4. The first-order chi connectivity index (χ1) is 32.6. The Kier molecular flexibility index (Phi) is 52.5. The van der Waals surface area contributed by atoms with Crippen LogP contribution in [0, 0.1) is 0 Å². The van der Waals surface area contributed by atoms with Crippen molar-refractivity contribution >= 4 is 11.9 Å². The SMILES string of the molecule is CC/C=C\C/C=C\C/C=C\C/C=C\C/C=C\CCCC(=O)OCC(COCCCCCCCCCCCC/C=C\C/C=C\CCCCC)OC(=O)CCCCC/C=C\C/C=C\C/C=C\CC. The van der Waals surface area contributed by atoms with Gasteiger partial charge in [-0.2, -0.15) is 0 Å². The molecule has 0 saturated carbocycles. The largest absolute Gasteiger partial charge is 0.462 e. The predicted molar refractivity (Wildman–Crippen MR) is 288 cm³/mol. The summed E-state index contributed by atoms with van der Waals surface area (Å²) in [5.74, 6) is -0.506. The van der Waals surface area contributed by atoms with Gasteiger partial charge in [0.25, 0.3) is 0 Å². The van der Waals surface area contributed by atoms with Crippen LogP contribution in [0.5, 0.6) is 0 Å². The number of allylic oxidation sites excluding steroid dienone is 20. The summed E-state index contributed by atoms with van der Waals surface area (Å²) in [6.07, 6.45) is 77.9. The molecule has 0 aliphatic rings. The van der Waals surface area contributed by atoms with Crippen LogP contribution in [0.15, 0.2) is 122 Å². The van der Waals surface area contributed by atoms with Gasteiger partial charge in [-0.1, -0.05) is 213 Å². The topological polar surface area (TPSA) is 61.8 Å². The number of rotatable bonds is 48. The number of hydrogen-bond donors (Lipinski definition) is 0. The third-order valence-corrected chi connectivity index (χ3v) is 11.0. The molecule has 0 fully saturated rings. The van der Waals surface area contributed by atoms with Crippen molar-refractivity contribution in [1.29, 1.82) is 0 Å². The molecule has 0 saturated heterocycles. The minimum Gasteiger partial charge on any atom is -0.462 e. The summed E-state index contributed by atoms with van der Waals surface area (Å²) >= 11 is 0. The van der Waals surface area contributed by atoms with E-state index in [-0.39, 0.29) is 25.2 Å². The van der Waals surface area contributed by atoms with Crippen molar-refractivity contribution in [1.82, 2.24) is 0 Å². The molecule has 0 heterocycles. The molecule has 0 radical (unpaired) electrons. The first-order valence-electron chi connectivity index (χ1n) is 27.1. The number of carbonyl (C=O) groups is 2. The first-order valence-corrected chi connectivity index (χ1v) is 27.1. The normalized spacial score (nSPS) is 13.2. The fraction of sp³-hybridized carbons (Fsp3) is 0.639. The monoisotopic (exact) mass is 913 g/mol. The highest BCUT2D eigenvalue weighted by atomic mass is 16.6. The maximum atomic E-state index is 12.8. The van der Waals surface area contributed by atoms with Gasteiger partial charge in [-0.25, -0.2) is 0 Å². The van der Waals surface area contributed by atoms with Gasteiger partial charge in [0.1, 0.15) is 6.61 Å². The minimum absolute atomic E-state index is 0.0356. The molecule has 0 spiro atoms. The van der Waals surface area contributed by atoms with Gasteiger partial charge in [0, 0.05) is 19.4 Å². The zero-order valence-electron chi connectivity index (χ0n) is 42.9. The van der Waals surface area contributed by atoms with E-state index in [1.807, 2.05) is 0 Å². The smallest absolute Gasteiger partial charge is 0.306 e. The summed E-state index contributed by atoms with van der Waals surface area (Å²) in [5, 5.41) is 0. The molecule has 5 nitrogen and oxygen atoms in total. The average molecular weight is 913 g/mol. The Bertz CT molecular complexity index is 1350. The van der Waals surface area contributed by atoms with Gasteiger partial charge in [0.15, 0.2) is 6.10 Å². The van der Waals surface area contributed by atoms with E-state index < -0.39 is 6.10 Å². The van der Waals surface area contributed by atoms with Gasteiger partial charge in [0.05, 0.1) is 6.61 Å². The van der Waals surface area contributed by atoms with E-state index >= 15 is 0 Å². The van der Waals surface area contributed by atoms with Crippen molar-refractivity contribution < 1.29 is 23.8 Å². The molecule has 0 N–H and O–H groups in total. The van der Waals surface area contributed by atoms with Crippen molar-refractivity contribution in [2.75, 3.05) is 19.8 Å². The lowest BCUT2D eigenvalue weighted by Gasteiger charge is -2.18. The minimum atomic E-state index is -0.584. The standard InChI is InChI=1S/C61H100O5/c1-4-7-10-13-16-19-22-25-27-29-30-31-33-35-38-41-44-47-50-53-56-64-57-59(66-61(63)55-52-49-46-43-40-36-24-21-18-15-12-9-6-3)58-65-60(62)54-51-48-45-42-39-37-34-32-28-26-23-20-17-14-11-8-5-2/h8-9,11-12,16-21,25-28,34,36-37,40,42,45,59H,4-7,10,13-15,22-24,29-33,35,38-39,41,43-44,46-58H2,1-3H3/b11-8-,12-9-,19-16-,20-17-,21-18-,27-25-,28-26-,37-34-,40-36-,45-42-. The molecule has 374 valence electrons. The van der Waals surface area contributed by atoms with Crippen molar-refractivity contribution in [2.45, 2.75) is 232 Å². The lowest BCUT2D eigenvalue weighted by atomic mass is 10.1. The third kappa shape index (κ3) is 52.9. The molecular formula is C61H100O5. The maximum Gasteiger partial charge on any atom is 0.306 e. The Balaban J connectivity index is 4.38. The second-order valence-electron chi connectivity index (χ2n) is 17.4. The number of hydrogen-bond acceptors (Lipinski definition) is 5. The van der Waals surface area contributed by atoms with E-state index in [1.54, 1.807) is 0 Å². The molecule has 0 rings (SSSR count). The molecule has 0 amide bonds. The van der Waals surface area contributed by atoms with Crippen molar-refractivity contribution in [2.24, 2.45) is 0 Å². The summed E-state index contributed by atoms with van der Waals surface area (Å²) in [6, 6.07) is 0. The van der Waals surface area contributed by atoms with Crippen molar-refractivity contribution in [3.05, 3.63) is 122 Å². The molecule has 1 unspecified atom stereocenters. The molecule has 1 atom stereocenters. The summed E-state index contributed by atoms with van der Waals surface area (Å²) in [6.45, 7) is 7.47. The summed E-state index contributed by atoms with van der Waals surface area (Å²) in [5.41, 5.74) is 0. The van der Waals surface area contributed by atoms with Gasteiger partial charge in [-0.3, -0.25) is 9.59 Å². The van der Waals surface area contributed by atoms with Crippen molar-refractivity contribution in [3.63, 3.8) is 0 Å². The Labute approximate surface area is 407 Å². The molecule has 66 heavy (non-hydrogen) atoms. The molecule has 0 aliphatic carbocycles. The van der Waals surface area contributed by atoms with Gasteiger partial charge in [0.2, 0.25) is 0 Å². The highest BCUT2D eigenvalue weighted by Gasteiger charge is 2.17. The van der Waals surface area contributed by atoms with Gasteiger partial charge >= 0.3 is 11.9 Å². The fourth-order valence-corrected chi connectivity index (χ4v) is 7.00. The molecule has 0 bridgehead atoms. The Hall–Kier alpha value is -3.70. The zero-order chi connectivity index (χ0) is 47.7. The molecule has 5 heteroatoms. The van der Waals surface area contributed by atoms with Gasteiger partial charge in [-0.05, 0) is 122 Å². The number of ether oxygens (including phenoxy) is 3. The van der Waals surface area contributed by atoms with Crippen LogP contribution in [-0.2, 0) is 23.8 Å². The highest BCUT2D eigenvalue weighted by molar-refractivity contribution is 5.70. The number of unbranched alkanes of at least 4 members (excludes halogenated alkanes) is 17. The Morgan fingerprint density at radius 1 is 0.348 bits per heavy atom. The van der Waals surface area contributed by atoms with E-state index in [9.17, 15) is 9.59 Å². The van der Waals surface area contributed by atoms with Gasteiger partial charge in [-0.15, -0.1) is 0 Å². The molecule has 0 aliphatic heterocycles. The Morgan fingerprint density at radius 3 is 1.14 bits per heavy atom. The second kappa shape index (κ2) is 55.6. The molecule has 0 aromatic rings. The van der Waals surface area contributed by atoms with Crippen LogP contribution < -0.4 is 0 Å². The summed E-state index contributed by atoms with van der Waals surface area (Å²) in [4.78, 5) is 25.4. The van der Waals surface area contributed by atoms with E-state index in [4.69, 9.17) is 14.2 Å². The zero-order valence-corrected chi connectivity index (χ0v) is 42.9. The fourth-order valence-electron chi connectivity index (χ4n) is 7.00. The lowest BCUT2D eigenvalue weighted by Crippen LogP contribution is -2.30.